The minimum atomic E-state index is -0.923. The zero-order valence-electron chi connectivity index (χ0n) is 14.1. The van der Waals surface area contributed by atoms with Gasteiger partial charge in [-0.2, -0.15) is 0 Å². The van der Waals surface area contributed by atoms with Crippen LogP contribution in [0.1, 0.15) is 35.1 Å². The molecule has 1 saturated heterocycles. The summed E-state index contributed by atoms with van der Waals surface area (Å²) in [6, 6.07) is 6.03. The Balaban J connectivity index is 1.76. The average molecular weight is 346 g/mol. The highest BCUT2D eigenvalue weighted by Crippen LogP contribution is 2.31. The smallest absolute Gasteiger partial charge is 0.311 e. The first-order chi connectivity index (χ1) is 11.8. The molecular weight excluding hydrogens is 327 g/mol. The van der Waals surface area contributed by atoms with E-state index in [9.17, 15) is 19.1 Å². The fourth-order valence-electron chi connectivity index (χ4n) is 2.93. The minimum absolute atomic E-state index is 0.158. The predicted molar refractivity (Wildman–Crippen MR) is 86.5 cm³/mol. The molecule has 0 spiro atoms. The van der Waals surface area contributed by atoms with Crippen LogP contribution in [0.15, 0.2) is 24.3 Å². The lowest BCUT2D eigenvalue weighted by atomic mass is 9.90. The number of rotatable bonds is 4. The average Bonchev–Trinajstić information content (AvgIpc) is 3.14. The number of hydrogen-bond donors (Lipinski definition) is 1. The summed E-state index contributed by atoms with van der Waals surface area (Å²) < 4.78 is 14.6. The minimum Gasteiger partial charge on any atom is -0.481 e. The summed E-state index contributed by atoms with van der Waals surface area (Å²) in [5.41, 5.74) is 0.733. The van der Waals surface area contributed by atoms with Gasteiger partial charge in [0.05, 0.1) is 17.7 Å². The number of aliphatic carboxylic acids is 1. The zero-order chi connectivity index (χ0) is 18.2. The number of amides is 1. The number of hydrogen-bond acceptors (Lipinski definition) is 4. The number of carboxylic acids is 1. The maximum Gasteiger partial charge on any atom is 0.311 e. The van der Waals surface area contributed by atoms with Crippen molar-refractivity contribution < 1.29 is 19.1 Å². The van der Waals surface area contributed by atoms with Crippen molar-refractivity contribution in [1.29, 1.82) is 0 Å². The van der Waals surface area contributed by atoms with Crippen LogP contribution in [0.5, 0.6) is 0 Å². The molecule has 1 amide bonds. The molecule has 7 nitrogen and oxygen atoms in total. The molecule has 0 saturated carbocycles. The second kappa shape index (κ2) is 6.27. The Kier molecular flexibility index (Phi) is 4.28. The third-order valence-electron chi connectivity index (χ3n) is 4.71. The molecule has 1 N–H and O–H groups in total. The molecule has 1 aromatic heterocycles. The van der Waals surface area contributed by atoms with Gasteiger partial charge in [0.1, 0.15) is 5.82 Å². The van der Waals surface area contributed by atoms with Gasteiger partial charge in [-0.15, -0.1) is 5.10 Å². The van der Waals surface area contributed by atoms with E-state index in [2.05, 4.69) is 10.3 Å². The van der Waals surface area contributed by atoms with Crippen LogP contribution in [-0.4, -0.2) is 50.0 Å². The molecule has 0 aliphatic carbocycles. The fraction of sp³-hybridized carbons (Fsp3) is 0.412. The van der Waals surface area contributed by atoms with Crippen molar-refractivity contribution in [3.63, 3.8) is 0 Å². The molecule has 1 fully saturated rings. The third-order valence-corrected chi connectivity index (χ3v) is 4.71. The molecule has 0 radical (unpaired) electrons. The van der Waals surface area contributed by atoms with E-state index in [1.165, 1.54) is 17.0 Å². The van der Waals surface area contributed by atoms with Gasteiger partial charge in [-0.05, 0) is 38.0 Å². The lowest BCUT2D eigenvalue weighted by Crippen LogP contribution is -2.35. The van der Waals surface area contributed by atoms with E-state index >= 15 is 0 Å². The predicted octanol–water partition coefficient (Wildman–Crippen LogP) is 1.71. The molecule has 1 atom stereocenters. The van der Waals surface area contributed by atoms with Crippen molar-refractivity contribution in [2.45, 2.75) is 26.8 Å². The lowest BCUT2D eigenvalue weighted by Gasteiger charge is -2.19. The van der Waals surface area contributed by atoms with Crippen LogP contribution in [0.2, 0.25) is 0 Å². The van der Waals surface area contributed by atoms with Crippen molar-refractivity contribution in [1.82, 2.24) is 19.9 Å². The van der Waals surface area contributed by atoms with Crippen LogP contribution in [-0.2, 0) is 11.3 Å². The number of carbonyl (C=O) groups is 2. The molecule has 0 bridgehead atoms. The van der Waals surface area contributed by atoms with E-state index in [1.54, 1.807) is 30.7 Å². The Bertz CT molecular complexity index is 818. The molecule has 1 aliphatic rings. The largest absolute Gasteiger partial charge is 0.481 e. The topological polar surface area (TPSA) is 88.3 Å². The number of carbonyl (C=O) groups excluding carboxylic acids is 1. The van der Waals surface area contributed by atoms with Gasteiger partial charge in [0.2, 0.25) is 0 Å². The van der Waals surface area contributed by atoms with Crippen LogP contribution in [0, 0.1) is 18.2 Å². The van der Waals surface area contributed by atoms with E-state index < -0.39 is 11.4 Å². The van der Waals surface area contributed by atoms with Gasteiger partial charge in [-0.3, -0.25) is 9.59 Å². The molecule has 25 heavy (non-hydrogen) atoms. The van der Waals surface area contributed by atoms with E-state index in [0.29, 0.717) is 25.2 Å². The Morgan fingerprint density at radius 3 is 2.60 bits per heavy atom. The Morgan fingerprint density at radius 1 is 1.32 bits per heavy atom. The second-order valence-corrected chi connectivity index (χ2v) is 6.65. The van der Waals surface area contributed by atoms with E-state index in [-0.39, 0.29) is 24.0 Å². The molecule has 3 rings (SSSR count). The van der Waals surface area contributed by atoms with Crippen molar-refractivity contribution in [3.05, 3.63) is 47.0 Å². The number of aromatic nitrogens is 3. The molecule has 1 aromatic carbocycles. The summed E-state index contributed by atoms with van der Waals surface area (Å²) in [6.45, 7) is 4.29. The maximum absolute atomic E-state index is 13.0. The SMILES string of the molecule is Cc1c(C(=O)N2CCC(C)(C(=O)O)C2)nnn1Cc1ccc(F)cc1. The monoisotopic (exact) mass is 346 g/mol. The number of nitrogens with zero attached hydrogens (tertiary/aromatic N) is 4. The summed E-state index contributed by atoms with van der Waals surface area (Å²) in [5, 5.41) is 17.3. The summed E-state index contributed by atoms with van der Waals surface area (Å²) in [7, 11) is 0. The van der Waals surface area contributed by atoms with Gasteiger partial charge >= 0.3 is 5.97 Å². The second-order valence-electron chi connectivity index (χ2n) is 6.65. The van der Waals surface area contributed by atoms with Gasteiger partial charge in [0.15, 0.2) is 5.69 Å². The van der Waals surface area contributed by atoms with Gasteiger partial charge < -0.3 is 10.0 Å². The van der Waals surface area contributed by atoms with Crippen molar-refractivity contribution >= 4 is 11.9 Å². The highest BCUT2D eigenvalue weighted by molar-refractivity contribution is 5.94. The number of halogens is 1. The quantitative estimate of drug-likeness (QED) is 0.910. The highest BCUT2D eigenvalue weighted by atomic mass is 19.1. The Morgan fingerprint density at radius 2 is 2.00 bits per heavy atom. The van der Waals surface area contributed by atoms with Gasteiger partial charge in [0.25, 0.3) is 5.91 Å². The molecule has 1 unspecified atom stereocenters. The van der Waals surface area contributed by atoms with Gasteiger partial charge in [-0.25, -0.2) is 9.07 Å². The molecule has 1 aliphatic heterocycles. The Hall–Kier alpha value is -2.77. The summed E-state index contributed by atoms with van der Waals surface area (Å²) in [4.78, 5) is 25.5. The van der Waals surface area contributed by atoms with Crippen LogP contribution in [0.4, 0.5) is 4.39 Å². The number of benzene rings is 1. The molecule has 132 valence electrons. The van der Waals surface area contributed by atoms with Crippen LogP contribution < -0.4 is 0 Å². The third kappa shape index (κ3) is 3.24. The van der Waals surface area contributed by atoms with E-state index in [1.807, 2.05) is 0 Å². The van der Waals surface area contributed by atoms with Crippen molar-refractivity contribution in [2.24, 2.45) is 5.41 Å². The molecular formula is C17H19FN4O3. The summed E-state index contributed by atoms with van der Waals surface area (Å²) in [5.74, 6) is -1.53. The fourth-order valence-corrected chi connectivity index (χ4v) is 2.93. The van der Waals surface area contributed by atoms with Crippen LogP contribution >= 0.6 is 0 Å². The molecule has 2 aromatic rings. The van der Waals surface area contributed by atoms with Crippen LogP contribution in [0.3, 0.4) is 0 Å². The van der Waals surface area contributed by atoms with Crippen LogP contribution in [0.25, 0.3) is 0 Å². The molecule has 2 heterocycles. The zero-order valence-corrected chi connectivity index (χ0v) is 14.1. The molecule has 8 heteroatoms. The highest BCUT2D eigenvalue weighted by Gasteiger charge is 2.43. The van der Waals surface area contributed by atoms with Crippen molar-refractivity contribution in [2.75, 3.05) is 13.1 Å². The number of likely N-dealkylation sites (tertiary alicyclic amines) is 1. The maximum atomic E-state index is 13.0. The standard InChI is InChI=1S/C17H19FN4O3/c1-11-14(15(23)21-8-7-17(2,10-21)16(24)25)19-20-22(11)9-12-3-5-13(18)6-4-12/h3-6H,7-10H2,1-2H3,(H,24,25). The normalized spacial score (nSPS) is 20.0. The Labute approximate surface area is 144 Å². The first-order valence-electron chi connectivity index (χ1n) is 7.97. The summed E-state index contributed by atoms with van der Waals surface area (Å²) >= 11 is 0. The van der Waals surface area contributed by atoms with Gasteiger partial charge in [-0.1, -0.05) is 17.3 Å². The lowest BCUT2D eigenvalue weighted by molar-refractivity contribution is -0.147. The van der Waals surface area contributed by atoms with Gasteiger partial charge in [0, 0.05) is 13.1 Å². The first kappa shape index (κ1) is 17.1. The summed E-state index contributed by atoms with van der Waals surface area (Å²) in [6.07, 6.45) is 0.414. The first-order valence-corrected chi connectivity index (χ1v) is 7.97. The van der Waals surface area contributed by atoms with Crippen molar-refractivity contribution in [3.8, 4) is 0 Å². The van der Waals surface area contributed by atoms with E-state index in [0.717, 1.165) is 5.56 Å². The van der Waals surface area contributed by atoms with E-state index in [4.69, 9.17) is 0 Å². The number of carboxylic acid groups (broad SMARTS) is 1.